The van der Waals surface area contributed by atoms with Crippen LogP contribution in [0.1, 0.15) is 16.7 Å². The maximum absolute atomic E-state index is 10.2. The van der Waals surface area contributed by atoms with Crippen molar-refractivity contribution in [2.75, 3.05) is 0 Å². The molecule has 0 spiro atoms. The van der Waals surface area contributed by atoms with Gasteiger partial charge in [0.15, 0.2) is 17.3 Å². The summed E-state index contributed by atoms with van der Waals surface area (Å²) in [7, 11) is 0. The zero-order valence-electron chi connectivity index (χ0n) is 15.2. The number of alkyl halides is 18. The molecule has 0 aliphatic rings. The van der Waals surface area contributed by atoms with Crippen LogP contribution in [0.25, 0.3) is 0 Å². The highest BCUT2D eigenvalue weighted by molar-refractivity contribution is 6.81. The van der Waals surface area contributed by atoms with Crippen molar-refractivity contribution in [1.29, 1.82) is 0 Å². The van der Waals surface area contributed by atoms with Gasteiger partial charge in [0.1, 0.15) is 0 Å². The molecule has 0 aliphatic heterocycles. The van der Waals surface area contributed by atoms with Crippen LogP contribution in [0, 0.1) is 0 Å². The predicted molar refractivity (Wildman–Crippen MR) is 157 cm³/mol. The molecule has 1 rings (SSSR count). The molecule has 0 atom stereocenters. The molecular weight excluding hydrogens is 834 g/mol. The van der Waals surface area contributed by atoms with Crippen molar-refractivity contribution in [2.24, 2.45) is 0 Å². The van der Waals surface area contributed by atoms with E-state index in [0.717, 1.165) is 0 Å². The monoisotopic (exact) mass is 831 g/mol. The van der Waals surface area contributed by atoms with Gasteiger partial charge in [-0.2, -0.15) is 0 Å². The SMILES string of the molecule is OCc1c(C(Cl)(Cl)C(Cl)(Cl)C(Cl)(Cl)C(Cl)(Cl)Cl)cccc1C(Cl)(Cl)C(Cl)(Cl)C(Cl)(Cl)C(Cl)(Cl)Cl. The Bertz CT molecular complexity index is 825. The highest BCUT2D eigenvalue weighted by atomic mass is 35.6. The van der Waals surface area contributed by atoms with Gasteiger partial charge in [-0.05, 0) is 16.7 Å². The van der Waals surface area contributed by atoms with Crippen LogP contribution in [0.2, 0.25) is 0 Å². The lowest BCUT2D eigenvalue weighted by molar-refractivity contribution is 0.277. The van der Waals surface area contributed by atoms with E-state index in [4.69, 9.17) is 209 Å². The molecule has 198 valence electrons. The van der Waals surface area contributed by atoms with E-state index in [9.17, 15) is 5.11 Å². The quantitative estimate of drug-likeness (QED) is 0.271. The molecule has 0 fully saturated rings. The van der Waals surface area contributed by atoms with E-state index in [1.165, 1.54) is 18.2 Å². The first kappa shape index (κ1) is 36.4. The summed E-state index contributed by atoms with van der Waals surface area (Å²) in [4.78, 5) is 0. The van der Waals surface area contributed by atoms with E-state index in [1.807, 2.05) is 0 Å². The third-order valence-corrected chi connectivity index (χ3v) is 15.2. The Hall–Kier alpha value is 4.40. The number of benzene rings is 1. The lowest BCUT2D eigenvalue weighted by atomic mass is 9.92. The van der Waals surface area contributed by atoms with Gasteiger partial charge in [0, 0.05) is 0 Å². The molecule has 0 bridgehead atoms. The molecule has 0 heterocycles. The molecule has 0 saturated heterocycles. The molecule has 0 amide bonds. The topological polar surface area (TPSA) is 20.2 Å². The van der Waals surface area contributed by atoms with Gasteiger partial charge in [0.05, 0.1) is 6.61 Å². The third-order valence-electron chi connectivity index (χ3n) is 4.30. The predicted octanol–water partition coefficient (Wildman–Crippen LogP) is 11.9. The molecule has 0 aliphatic carbocycles. The number of halogens is 18. The Labute approximate surface area is 285 Å². The Kier molecular flexibility index (Phi) is 12.4. The van der Waals surface area contributed by atoms with Gasteiger partial charge in [0.2, 0.25) is 16.3 Å². The lowest BCUT2D eigenvalue weighted by Crippen LogP contribution is -2.56. The van der Waals surface area contributed by atoms with Crippen LogP contribution >= 0.6 is 209 Å². The molecule has 1 N–H and O–H groups in total. The van der Waals surface area contributed by atoms with Crippen molar-refractivity contribution < 1.29 is 5.11 Å². The third kappa shape index (κ3) is 6.11. The fourth-order valence-corrected chi connectivity index (χ4v) is 7.07. The van der Waals surface area contributed by atoms with Gasteiger partial charge >= 0.3 is 0 Å². The number of rotatable bonds is 7. The normalized spacial score (nSPS) is 15.6. The number of hydrogen-bond acceptors (Lipinski definition) is 1. The summed E-state index contributed by atoms with van der Waals surface area (Å²) in [6.07, 6.45) is 0. The smallest absolute Gasteiger partial charge is 0.226 e. The summed E-state index contributed by atoms with van der Waals surface area (Å²) >= 11 is 111. The Morgan fingerprint density at radius 3 is 0.941 bits per heavy atom. The van der Waals surface area contributed by atoms with E-state index >= 15 is 0 Å². The van der Waals surface area contributed by atoms with E-state index < -0.39 is 40.2 Å². The van der Waals surface area contributed by atoms with Crippen LogP contribution in [-0.2, 0) is 15.3 Å². The highest BCUT2D eigenvalue weighted by Crippen LogP contribution is 2.68. The van der Waals surface area contributed by atoms with Crippen LogP contribution in [0.4, 0.5) is 0 Å². The van der Waals surface area contributed by atoms with E-state index in [2.05, 4.69) is 0 Å². The number of hydrogen-bond donors (Lipinski definition) is 1. The summed E-state index contributed by atoms with van der Waals surface area (Å²) in [6, 6.07) is 3.78. The summed E-state index contributed by atoms with van der Waals surface area (Å²) < 4.78 is -20.7. The molecule has 19 heteroatoms. The van der Waals surface area contributed by atoms with Crippen molar-refractivity contribution in [3.63, 3.8) is 0 Å². The summed E-state index contributed by atoms with van der Waals surface area (Å²) in [5.41, 5.74) is -0.769. The minimum Gasteiger partial charge on any atom is -0.392 e. The van der Waals surface area contributed by atoms with Crippen molar-refractivity contribution in [3.05, 3.63) is 34.9 Å². The van der Waals surface area contributed by atoms with Gasteiger partial charge in [-0.25, -0.2) is 0 Å². The van der Waals surface area contributed by atoms with E-state index in [-0.39, 0.29) is 16.7 Å². The average Bonchev–Trinajstić information content (AvgIpc) is 2.64. The maximum atomic E-state index is 10.2. The molecule has 1 aromatic carbocycles. The van der Waals surface area contributed by atoms with E-state index in [1.54, 1.807) is 0 Å². The fraction of sp³-hybridized carbons (Fsp3) is 0.600. The van der Waals surface area contributed by atoms with Crippen molar-refractivity contribution >= 4 is 209 Å². The largest absolute Gasteiger partial charge is 0.392 e. The van der Waals surface area contributed by atoms with Crippen LogP contribution in [0.5, 0.6) is 0 Å². The Morgan fingerprint density at radius 2 is 0.735 bits per heavy atom. The van der Waals surface area contributed by atoms with Crippen molar-refractivity contribution in [3.8, 4) is 0 Å². The van der Waals surface area contributed by atoms with Crippen LogP contribution < -0.4 is 0 Å². The van der Waals surface area contributed by atoms with Crippen LogP contribution in [0.3, 0.4) is 0 Å². The standard InChI is InChI=1S/C15H6Cl18O/c16-8(17,10(20,21)12(24,25)14(28,29)30)6-2-1-3-7(5(6)4-34)9(18,19)11(22,23)13(26,27)15(31,32)33/h1-3,34H,4H2. The number of aliphatic hydroxyl groups excluding tert-OH is 1. The Balaban J connectivity index is 3.93. The molecule has 1 nitrogen and oxygen atoms in total. The molecule has 0 aromatic heterocycles. The Morgan fingerprint density at radius 1 is 0.471 bits per heavy atom. The first-order valence-electron chi connectivity index (χ1n) is 7.82. The lowest BCUT2D eigenvalue weighted by Gasteiger charge is -2.46. The van der Waals surface area contributed by atoms with Gasteiger partial charge in [-0.15, -0.1) is 0 Å². The van der Waals surface area contributed by atoms with E-state index in [0.29, 0.717) is 0 Å². The fourth-order valence-electron chi connectivity index (χ4n) is 2.43. The van der Waals surface area contributed by atoms with Crippen LogP contribution in [-0.4, -0.2) is 30.0 Å². The first-order chi connectivity index (χ1) is 14.7. The second-order valence-corrected chi connectivity index (χ2v) is 19.0. The number of aliphatic hydroxyl groups is 1. The highest BCUT2D eigenvalue weighted by Gasteiger charge is 2.71. The van der Waals surface area contributed by atoms with Gasteiger partial charge in [-0.1, -0.05) is 227 Å². The second kappa shape index (κ2) is 11.6. The minimum absolute atomic E-state index is 0.240. The zero-order chi connectivity index (χ0) is 27.6. The van der Waals surface area contributed by atoms with Gasteiger partial charge < -0.3 is 5.11 Å². The van der Waals surface area contributed by atoms with Crippen molar-refractivity contribution in [2.45, 2.75) is 40.2 Å². The molecule has 0 radical (unpaired) electrons. The molecule has 1 aromatic rings. The van der Waals surface area contributed by atoms with Crippen molar-refractivity contribution in [1.82, 2.24) is 0 Å². The summed E-state index contributed by atoms with van der Waals surface area (Å²) in [6.45, 7) is -0.877. The first-order valence-corrected chi connectivity index (χ1v) is 14.6. The second-order valence-electron chi connectivity index (χ2n) is 6.43. The summed E-state index contributed by atoms with van der Waals surface area (Å²) in [5, 5.41) is 10.2. The summed E-state index contributed by atoms with van der Waals surface area (Å²) in [5.74, 6) is 0. The molecular formula is C15H6Cl18O. The minimum atomic E-state index is -2.68. The van der Waals surface area contributed by atoms with Gasteiger partial charge in [-0.3, -0.25) is 0 Å². The average molecular weight is 840 g/mol. The van der Waals surface area contributed by atoms with Gasteiger partial charge in [0.25, 0.3) is 0 Å². The zero-order valence-corrected chi connectivity index (χ0v) is 28.8. The maximum Gasteiger partial charge on any atom is 0.226 e. The molecule has 0 saturated carbocycles. The molecule has 0 unspecified atom stereocenters. The molecule has 34 heavy (non-hydrogen) atoms. The van der Waals surface area contributed by atoms with Crippen LogP contribution in [0.15, 0.2) is 18.2 Å².